The van der Waals surface area contributed by atoms with E-state index in [0.29, 0.717) is 0 Å². The average Bonchev–Trinajstić information content (AvgIpc) is 2.97. The van der Waals surface area contributed by atoms with Crippen LogP contribution in [0.25, 0.3) is 0 Å². The molecule has 10 heteroatoms. The molecule has 128 valence electrons. The van der Waals surface area contributed by atoms with Gasteiger partial charge in [0.25, 0.3) is 0 Å². The van der Waals surface area contributed by atoms with E-state index in [9.17, 15) is 9.59 Å². The van der Waals surface area contributed by atoms with Crippen LogP contribution in [-0.2, 0) is 14.3 Å². The molecule has 0 bridgehead atoms. The molecule has 0 radical (unpaired) electrons. The summed E-state index contributed by atoms with van der Waals surface area (Å²) in [4.78, 5) is 25.8. The molecule has 0 aromatic rings. The molecule has 0 spiro atoms. The van der Waals surface area contributed by atoms with Gasteiger partial charge in [0.15, 0.2) is 18.5 Å². The van der Waals surface area contributed by atoms with E-state index in [4.69, 9.17) is 20.1 Å². The van der Waals surface area contributed by atoms with E-state index >= 15 is 0 Å². The number of hydrogen-bond acceptors (Lipinski definition) is 5. The molecule has 1 aliphatic heterocycles. The van der Waals surface area contributed by atoms with Gasteiger partial charge in [-0.1, -0.05) is 6.08 Å². The molecule has 4 atom stereocenters. The van der Waals surface area contributed by atoms with Gasteiger partial charge in [-0.05, 0) is 13.8 Å². The molecule has 0 saturated heterocycles. The van der Waals surface area contributed by atoms with Crippen molar-refractivity contribution in [3.05, 3.63) is 25.1 Å². The summed E-state index contributed by atoms with van der Waals surface area (Å²) in [6.07, 6.45) is 4.25. The zero-order chi connectivity index (χ0) is 17.3. The summed E-state index contributed by atoms with van der Waals surface area (Å²) in [6.45, 7) is 7.86. The number of aliphatic carboxylic acids is 2. The number of nitrogens with zero attached hydrogens (tertiary/aromatic N) is 2. The maximum absolute atomic E-state index is 11.1. The predicted molar refractivity (Wildman–Crippen MR) is 82.1 cm³/mol. The maximum Gasteiger partial charge on any atom is 1.00 e. The fourth-order valence-electron chi connectivity index (χ4n) is 1.76. The first-order valence-electron chi connectivity index (χ1n) is 6.65. The van der Waals surface area contributed by atoms with Gasteiger partial charge in [0.05, 0.1) is 12.8 Å². The van der Waals surface area contributed by atoms with Crippen LogP contribution in [0, 0.1) is 0 Å². The van der Waals surface area contributed by atoms with Gasteiger partial charge in [0, 0.05) is 6.92 Å². The molecule has 0 aromatic heterocycles. The molecule has 3 N–H and O–H groups in total. The van der Waals surface area contributed by atoms with E-state index in [1.54, 1.807) is 13.1 Å². The summed E-state index contributed by atoms with van der Waals surface area (Å²) in [7, 11) is 0. The van der Waals surface area contributed by atoms with Crippen LogP contribution < -0.4 is 59.1 Å². The first-order chi connectivity index (χ1) is 10.2. The Hall–Kier alpha value is -0.0300. The van der Waals surface area contributed by atoms with Gasteiger partial charge < -0.3 is 22.9 Å². The summed E-state index contributed by atoms with van der Waals surface area (Å²) >= 11 is 0. The SMILES string of the molecule is C=CCO.CC(OC(C)[N+]1(C(C)C(=O)O)C=CN=C1)C(=O)O.[H-].[H-].[Na+].[Na+]. The topological polar surface area (TPSA) is 116 Å². The summed E-state index contributed by atoms with van der Waals surface area (Å²) in [5.74, 6) is -2.10. The number of aliphatic hydroxyl groups excluding tert-OH is 1. The second-order valence-corrected chi connectivity index (χ2v) is 4.66. The van der Waals surface area contributed by atoms with Crippen molar-refractivity contribution < 1.29 is 96.1 Å². The van der Waals surface area contributed by atoms with Crippen LogP contribution >= 0.6 is 0 Å². The van der Waals surface area contributed by atoms with E-state index in [1.165, 1.54) is 32.5 Å². The molecule has 0 aliphatic carbocycles. The van der Waals surface area contributed by atoms with Crippen LogP contribution in [0.3, 0.4) is 0 Å². The van der Waals surface area contributed by atoms with Crippen molar-refractivity contribution in [2.24, 2.45) is 4.99 Å². The molecule has 0 amide bonds. The third-order valence-electron chi connectivity index (χ3n) is 3.21. The third kappa shape index (κ3) is 8.37. The van der Waals surface area contributed by atoms with Gasteiger partial charge in [-0.15, -0.1) is 6.58 Å². The van der Waals surface area contributed by atoms with Crippen LogP contribution in [-0.4, -0.2) is 63.1 Å². The quantitative estimate of drug-likeness (QED) is 0.237. The smallest absolute Gasteiger partial charge is 1.00 e. The number of carboxylic acid groups (broad SMARTS) is 2. The molecule has 8 nitrogen and oxygen atoms in total. The van der Waals surface area contributed by atoms with Crippen molar-refractivity contribution in [1.29, 1.82) is 0 Å². The average molecular weight is 363 g/mol. The molecule has 4 unspecified atom stereocenters. The number of quaternary nitrogens is 1. The van der Waals surface area contributed by atoms with Crippen LogP contribution in [0.1, 0.15) is 23.6 Å². The van der Waals surface area contributed by atoms with Gasteiger partial charge in [-0.25, -0.2) is 19.1 Å². The fraction of sp³-hybridized carbons (Fsp3) is 0.500. The van der Waals surface area contributed by atoms with E-state index < -0.39 is 30.3 Å². The number of hydrogen-bond donors (Lipinski definition) is 3. The largest absolute Gasteiger partial charge is 1.00 e. The van der Waals surface area contributed by atoms with Crippen LogP contribution in [0.15, 0.2) is 30.0 Å². The summed E-state index contributed by atoms with van der Waals surface area (Å²) in [6, 6.07) is -0.816. The standard InChI is InChI=1S/C11H16N2O5.C3H6O.2Na.2H/c1-7(10(14)15)13(5-4-12-6-13)9(3)18-8(2)11(16)17;1-2-3-4;;;;/h4-9H,1-3H3,(H-,14,15,16,17);2,4H,1,3H2;;;;/q;;2*+1;2*-1/p+1. The Morgan fingerprint density at radius 2 is 1.79 bits per heavy atom. The monoisotopic (exact) mass is 363 g/mol. The normalized spacial score (nSPS) is 21.2. The van der Waals surface area contributed by atoms with Crippen LogP contribution in [0.4, 0.5) is 0 Å². The third-order valence-corrected chi connectivity index (χ3v) is 3.21. The summed E-state index contributed by atoms with van der Waals surface area (Å²) in [5.41, 5.74) is 0. The van der Waals surface area contributed by atoms with E-state index in [0.717, 1.165) is 0 Å². The number of carbonyl (C=O) groups is 2. The molecule has 1 heterocycles. The van der Waals surface area contributed by atoms with Gasteiger partial charge in [-0.3, -0.25) is 0 Å². The second-order valence-electron chi connectivity index (χ2n) is 4.66. The first kappa shape index (κ1) is 28.8. The second kappa shape index (κ2) is 14.2. The van der Waals surface area contributed by atoms with E-state index in [1.807, 2.05) is 0 Å². The van der Waals surface area contributed by atoms with Gasteiger partial charge in [0.2, 0.25) is 6.23 Å². The molecule has 1 aliphatic rings. The van der Waals surface area contributed by atoms with E-state index in [-0.39, 0.29) is 73.1 Å². The molecule has 0 aromatic carbocycles. The maximum atomic E-state index is 11.1. The Labute approximate surface area is 189 Å². The molecular weight excluding hydrogens is 338 g/mol. The molecular formula is C14H25N2Na2O6+. The minimum Gasteiger partial charge on any atom is -1.00 e. The van der Waals surface area contributed by atoms with Crippen LogP contribution in [0.5, 0.6) is 0 Å². The van der Waals surface area contributed by atoms with Gasteiger partial charge in [-0.2, -0.15) is 0 Å². The zero-order valence-electron chi connectivity index (χ0n) is 16.9. The number of rotatable bonds is 7. The Bertz CT molecular complexity index is 468. The van der Waals surface area contributed by atoms with Gasteiger partial charge in [0.1, 0.15) is 6.20 Å². The van der Waals surface area contributed by atoms with E-state index in [2.05, 4.69) is 11.6 Å². The Morgan fingerprint density at radius 1 is 1.29 bits per heavy atom. The fourth-order valence-corrected chi connectivity index (χ4v) is 1.76. The van der Waals surface area contributed by atoms with Crippen molar-refractivity contribution >= 4 is 18.3 Å². The number of aliphatic hydroxyl groups is 1. The number of carboxylic acids is 2. The molecule has 24 heavy (non-hydrogen) atoms. The van der Waals surface area contributed by atoms with Crippen molar-refractivity contribution in [2.75, 3.05) is 6.61 Å². The number of aliphatic imine (C=N–C) groups is 1. The minimum absolute atomic E-state index is 0. The Balaban J connectivity index is -0.000000167. The van der Waals surface area contributed by atoms with Crippen molar-refractivity contribution in [3.63, 3.8) is 0 Å². The molecule has 1 rings (SSSR count). The minimum atomic E-state index is -1.09. The predicted octanol–water partition coefficient (Wildman–Crippen LogP) is -4.98. The number of ether oxygens (including phenoxy) is 1. The Morgan fingerprint density at radius 3 is 2.08 bits per heavy atom. The first-order valence-corrected chi connectivity index (χ1v) is 6.65. The van der Waals surface area contributed by atoms with Crippen LogP contribution in [0.2, 0.25) is 0 Å². The zero-order valence-corrected chi connectivity index (χ0v) is 18.9. The summed E-state index contributed by atoms with van der Waals surface area (Å²) < 4.78 is 5.18. The van der Waals surface area contributed by atoms with Crippen molar-refractivity contribution in [2.45, 2.75) is 39.1 Å². The van der Waals surface area contributed by atoms with Gasteiger partial charge >= 0.3 is 71.1 Å². The summed E-state index contributed by atoms with van der Waals surface area (Å²) in [5, 5.41) is 25.7. The van der Waals surface area contributed by atoms with Crippen molar-refractivity contribution in [3.8, 4) is 0 Å². The molecule has 0 fully saturated rings. The Kier molecular flexibility index (Phi) is 17.0. The van der Waals surface area contributed by atoms with Crippen molar-refractivity contribution in [1.82, 2.24) is 0 Å². The molecule has 0 saturated carbocycles.